The highest BCUT2D eigenvalue weighted by molar-refractivity contribution is 7.14. The van der Waals surface area contributed by atoms with Gasteiger partial charge in [0.1, 0.15) is 5.75 Å². The molecule has 1 N–H and O–H groups in total. The van der Waals surface area contributed by atoms with Gasteiger partial charge in [-0.05, 0) is 30.2 Å². The number of hydrogen-bond acceptors (Lipinski definition) is 5. The second-order valence-corrected chi connectivity index (χ2v) is 6.70. The highest BCUT2D eigenvalue weighted by atomic mass is 32.1. The van der Waals surface area contributed by atoms with Crippen LogP contribution in [-0.2, 0) is 11.2 Å². The van der Waals surface area contributed by atoms with E-state index < -0.39 is 12.5 Å². The molecule has 0 atom stereocenters. The zero-order valence-corrected chi connectivity index (χ0v) is 15.8. The van der Waals surface area contributed by atoms with Crippen LogP contribution in [0.2, 0.25) is 0 Å². The van der Waals surface area contributed by atoms with Crippen molar-refractivity contribution in [2.24, 2.45) is 0 Å². The van der Waals surface area contributed by atoms with Gasteiger partial charge in [0.15, 0.2) is 5.13 Å². The molecule has 1 heterocycles. The number of nitrogens with one attached hydrogen (secondary N) is 1. The number of anilines is 1. The van der Waals surface area contributed by atoms with E-state index in [0.29, 0.717) is 11.7 Å². The summed E-state index contributed by atoms with van der Waals surface area (Å²) in [5.74, 6) is -0.522. The van der Waals surface area contributed by atoms with Gasteiger partial charge in [-0.15, -0.1) is 11.3 Å². The van der Waals surface area contributed by atoms with Crippen LogP contribution in [0.5, 0.6) is 5.75 Å². The highest BCUT2D eigenvalue weighted by Crippen LogP contribution is 2.26. The number of alkyl halides is 2. The number of carbonyl (C=O) groups is 1. The summed E-state index contributed by atoms with van der Waals surface area (Å²) < 4.78 is 34.0. The Hall–Kier alpha value is -2.84. The van der Waals surface area contributed by atoms with Gasteiger partial charge in [-0.3, -0.25) is 10.1 Å². The first-order valence-electron chi connectivity index (χ1n) is 8.45. The van der Waals surface area contributed by atoms with E-state index in [2.05, 4.69) is 15.0 Å². The molecule has 0 aliphatic carbocycles. The summed E-state index contributed by atoms with van der Waals surface area (Å²) in [5, 5.41) is 4.94. The second-order valence-electron chi connectivity index (χ2n) is 5.84. The molecular formula is C20H18F2N2O3S. The van der Waals surface area contributed by atoms with E-state index in [1.165, 1.54) is 41.2 Å². The number of benzene rings is 2. The fraction of sp³-hybridized carbons (Fsp3) is 0.200. The van der Waals surface area contributed by atoms with Crippen molar-refractivity contribution < 1.29 is 23.0 Å². The lowest BCUT2D eigenvalue weighted by atomic mass is 10.1. The third-order valence-corrected chi connectivity index (χ3v) is 4.65. The number of halogens is 2. The molecular weight excluding hydrogens is 386 g/mol. The van der Waals surface area contributed by atoms with Crippen LogP contribution in [-0.4, -0.2) is 31.2 Å². The normalized spacial score (nSPS) is 10.9. The van der Waals surface area contributed by atoms with Gasteiger partial charge in [0.2, 0.25) is 0 Å². The standard InChI is InChI=1S/C20H18F2N2O3S/c1-26-10-9-13-5-7-14(8-6-13)17-12-28-20(23-17)24-18(25)15-3-2-4-16(11-15)27-19(21)22/h2-8,11-12,19H,9-10H2,1H3,(H,23,24,25). The van der Waals surface area contributed by atoms with Gasteiger partial charge in [0.25, 0.3) is 5.91 Å². The molecule has 0 radical (unpaired) electrons. The van der Waals surface area contributed by atoms with Crippen LogP contribution in [0, 0.1) is 0 Å². The van der Waals surface area contributed by atoms with Crippen molar-refractivity contribution in [1.29, 1.82) is 0 Å². The van der Waals surface area contributed by atoms with Crippen LogP contribution in [0.4, 0.5) is 13.9 Å². The van der Waals surface area contributed by atoms with E-state index in [1.54, 1.807) is 7.11 Å². The summed E-state index contributed by atoms with van der Waals surface area (Å²) >= 11 is 1.29. The smallest absolute Gasteiger partial charge is 0.387 e. The van der Waals surface area contributed by atoms with E-state index in [4.69, 9.17) is 4.74 Å². The van der Waals surface area contributed by atoms with E-state index in [9.17, 15) is 13.6 Å². The molecule has 0 spiro atoms. The molecule has 0 bridgehead atoms. The van der Waals surface area contributed by atoms with E-state index in [1.807, 2.05) is 29.6 Å². The molecule has 3 aromatic rings. The Kier molecular flexibility index (Phi) is 6.67. The topological polar surface area (TPSA) is 60.5 Å². The number of amides is 1. The van der Waals surface area contributed by atoms with Gasteiger partial charge in [-0.25, -0.2) is 4.98 Å². The summed E-state index contributed by atoms with van der Waals surface area (Å²) in [6.45, 7) is -2.28. The Morgan fingerprint density at radius 3 is 2.71 bits per heavy atom. The molecule has 8 heteroatoms. The minimum Gasteiger partial charge on any atom is -0.435 e. The molecule has 1 aromatic heterocycles. The van der Waals surface area contributed by atoms with Crippen molar-refractivity contribution in [3.63, 3.8) is 0 Å². The third-order valence-electron chi connectivity index (χ3n) is 3.89. The van der Waals surface area contributed by atoms with Gasteiger partial charge in [-0.1, -0.05) is 30.3 Å². The number of carbonyl (C=O) groups excluding carboxylic acids is 1. The van der Waals surface area contributed by atoms with Crippen LogP contribution in [0.3, 0.4) is 0 Å². The molecule has 0 saturated carbocycles. The Balaban J connectivity index is 1.66. The predicted octanol–water partition coefficient (Wildman–Crippen LogP) is 4.85. The molecule has 0 unspecified atom stereocenters. The number of hydrogen-bond donors (Lipinski definition) is 1. The molecule has 2 aromatic carbocycles. The van der Waals surface area contributed by atoms with Crippen molar-refractivity contribution in [3.8, 4) is 17.0 Å². The van der Waals surface area contributed by atoms with Crippen molar-refractivity contribution >= 4 is 22.4 Å². The quantitative estimate of drug-likeness (QED) is 0.583. The van der Waals surface area contributed by atoms with Gasteiger partial charge < -0.3 is 9.47 Å². The lowest BCUT2D eigenvalue weighted by Gasteiger charge is -2.06. The van der Waals surface area contributed by atoms with E-state index in [0.717, 1.165) is 17.7 Å². The highest BCUT2D eigenvalue weighted by Gasteiger charge is 2.12. The van der Waals surface area contributed by atoms with Gasteiger partial charge in [0, 0.05) is 23.6 Å². The molecule has 0 aliphatic heterocycles. The zero-order chi connectivity index (χ0) is 19.9. The van der Waals surface area contributed by atoms with Gasteiger partial charge in [-0.2, -0.15) is 8.78 Å². The summed E-state index contributed by atoms with van der Waals surface area (Å²) in [4.78, 5) is 16.8. The SMILES string of the molecule is COCCc1ccc(-c2csc(NC(=O)c3cccc(OC(F)F)c3)n2)cc1. The number of rotatable bonds is 8. The number of nitrogens with zero attached hydrogens (tertiary/aromatic N) is 1. The summed E-state index contributed by atoms with van der Waals surface area (Å²) in [6.07, 6.45) is 0.837. The predicted molar refractivity (Wildman–Crippen MR) is 104 cm³/mol. The maximum absolute atomic E-state index is 12.3. The molecule has 0 saturated heterocycles. The summed E-state index contributed by atoms with van der Waals surface area (Å²) in [7, 11) is 1.67. The number of aromatic nitrogens is 1. The fourth-order valence-corrected chi connectivity index (χ4v) is 3.22. The van der Waals surface area contributed by atoms with Crippen LogP contribution < -0.4 is 10.1 Å². The van der Waals surface area contributed by atoms with Crippen LogP contribution in [0.25, 0.3) is 11.3 Å². The van der Waals surface area contributed by atoms with E-state index in [-0.39, 0.29) is 11.3 Å². The largest absolute Gasteiger partial charge is 0.435 e. The van der Waals surface area contributed by atoms with Crippen LogP contribution in [0.1, 0.15) is 15.9 Å². The van der Waals surface area contributed by atoms with Crippen molar-refractivity contribution in [1.82, 2.24) is 4.98 Å². The lowest BCUT2D eigenvalue weighted by Crippen LogP contribution is -2.12. The second kappa shape index (κ2) is 9.38. The Morgan fingerprint density at radius 2 is 2.00 bits per heavy atom. The average Bonchev–Trinajstić information content (AvgIpc) is 3.15. The van der Waals surface area contributed by atoms with Gasteiger partial charge >= 0.3 is 6.61 Å². The summed E-state index contributed by atoms with van der Waals surface area (Å²) in [5.41, 5.74) is 3.05. The number of ether oxygens (including phenoxy) is 2. The van der Waals surface area contributed by atoms with Crippen molar-refractivity contribution in [3.05, 3.63) is 65.0 Å². The minimum atomic E-state index is -2.94. The third kappa shape index (κ3) is 5.34. The molecule has 0 fully saturated rings. The van der Waals surface area contributed by atoms with Gasteiger partial charge in [0.05, 0.1) is 12.3 Å². The van der Waals surface area contributed by atoms with Crippen molar-refractivity contribution in [2.45, 2.75) is 13.0 Å². The minimum absolute atomic E-state index is 0.0731. The van der Waals surface area contributed by atoms with E-state index >= 15 is 0 Å². The monoisotopic (exact) mass is 404 g/mol. The zero-order valence-electron chi connectivity index (χ0n) is 15.0. The molecule has 5 nitrogen and oxygen atoms in total. The molecule has 28 heavy (non-hydrogen) atoms. The summed E-state index contributed by atoms with van der Waals surface area (Å²) in [6, 6.07) is 13.6. The maximum atomic E-state index is 12.3. The number of thiazole rings is 1. The first-order chi connectivity index (χ1) is 13.5. The molecule has 0 aliphatic rings. The molecule has 3 rings (SSSR count). The van der Waals surface area contributed by atoms with Crippen LogP contribution >= 0.6 is 11.3 Å². The Morgan fingerprint density at radius 1 is 1.21 bits per heavy atom. The maximum Gasteiger partial charge on any atom is 0.387 e. The first-order valence-corrected chi connectivity index (χ1v) is 9.33. The average molecular weight is 404 g/mol. The lowest BCUT2D eigenvalue weighted by molar-refractivity contribution is -0.0498. The number of methoxy groups -OCH3 is 1. The Bertz CT molecular complexity index is 929. The molecule has 146 valence electrons. The molecule has 1 amide bonds. The van der Waals surface area contributed by atoms with Crippen molar-refractivity contribution in [2.75, 3.05) is 19.0 Å². The fourth-order valence-electron chi connectivity index (χ4n) is 2.51. The first kappa shape index (κ1) is 19.9. The Labute approximate surface area is 164 Å². The van der Waals surface area contributed by atoms with Crippen LogP contribution in [0.15, 0.2) is 53.9 Å².